The summed E-state index contributed by atoms with van der Waals surface area (Å²) in [6.45, 7) is 4.13. The van der Waals surface area contributed by atoms with E-state index in [1.807, 2.05) is 13.8 Å². The second kappa shape index (κ2) is 6.90. The van der Waals surface area contributed by atoms with Crippen molar-refractivity contribution in [2.24, 2.45) is 0 Å². The number of benzene rings is 1. The van der Waals surface area contributed by atoms with Gasteiger partial charge in [0.05, 0.1) is 11.0 Å². The summed E-state index contributed by atoms with van der Waals surface area (Å²) in [4.78, 5) is 21.3. The average Bonchev–Trinajstić information content (AvgIpc) is 2.31. The zero-order valence-electron chi connectivity index (χ0n) is 11.1. The summed E-state index contributed by atoms with van der Waals surface area (Å²) >= 11 is 0. The zero-order valence-corrected chi connectivity index (χ0v) is 11.1. The van der Waals surface area contributed by atoms with Gasteiger partial charge in [-0.15, -0.1) is 0 Å². The lowest BCUT2D eigenvalue weighted by Crippen LogP contribution is -2.27. The molecule has 0 atom stereocenters. The van der Waals surface area contributed by atoms with Crippen LogP contribution in [0.4, 0.5) is 20.2 Å². The summed E-state index contributed by atoms with van der Waals surface area (Å²) in [5.74, 6) is -2.85. The maximum absolute atomic E-state index is 13.5. The van der Waals surface area contributed by atoms with Crippen LogP contribution in [0.2, 0.25) is 0 Å². The maximum Gasteiger partial charge on any atom is 0.298 e. The number of carbonyl (C=O) groups excluding carboxylic acids is 1. The molecule has 0 bridgehead atoms. The van der Waals surface area contributed by atoms with Crippen molar-refractivity contribution in [3.8, 4) is 0 Å². The Hall–Kier alpha value is -2.09. The third-order valence-corrected chi connectivity index (χ3v) is 2.40. The van der Waals surface area contributed by atoms with Gasteiger partial charge < -0.3 is 10.6 Å². The van der Waals surface area contributed by atoms with Crippen molar-refractivity contribution in [3.05, 3.63) is 33.9 Å². The molecule has 0 fully saturated rings. The van der Waals surface area contributed by atoms with Gasteiger partial charge in [-0.1, -0.05) is 13.8 Å². The fourth-order valence-corrected chi connectivity index (χ4v) is 1.50. The number of nitrogens with zero attached hydrogens (tertiary/aromatic N) is 1. The Bertz CT molecular complexity index is 521. The minimum absolute atomic E-state index is 0.0200. The van der Waals surface area contributed by atoms with Crippen LogP contribution in [0.3, 0.4) is 0 Å². The van der Waals surface area contributed by atoms with Gasteiger partial charge in [-0.2, -0.15) is 0 Å². The standard InChI is InChI=1S/C12H15F2N3O3/c1-7(2)15-4-3-11(18)16-12-9(14)5-8(13)6-10(12)17(19)20/h5-7,15H,3-4H2,1-2H3,(H,16,18). The summed E-state index contributed by atoms with van der Waals surface area (Å²) in [6.07, 6.45) is 0.0200. The molecule has 1 aromatic rings. The molecule has 0 spiro atoms. The maximum atomic E-state index is 13.5. The minimum Gasteiger partial charge on any atom is -0.318 e. The molecule has 1 amide bonds. The molecule has 2 N–H and O–H groups in total. The van der Waals surface area contributed by atoms with Gasteiger partial charge in [0.1, 0.15) is 5.82 Å². The molecule has 0 heterocycles. The first-order valence-corrected chi connectivity index (χ1v) is 5.98. The SMILES string of the molecule is CC(C)NCCC(=O)Nc1c(F)cc(F)cc1[N+](=O)[O-]. The summed E-state index contributed by atoms with van der Waals surface area (Å²) in [6, 6.07) is 1.22. The fraction of sp³-hybridized carbons (Fsp3) is 0.417. The molecule has 1 aromatic carbocycles. The van der Waals surface area contributed by atoms with E-state index in [0.29, 0.717) is 18.7 Å². The van der Waals surface area contributed by atoms with Crippen LogP contribution < -0.4 is 10.6 Å². The van der Waals surface area contributed by atoms with E-state index in [1.54, 1.807) is 0 Å². The fourth-order valence-electron chi connectivity index (χ4n) is 1.50. The van der Waals surface area contributed by atoms with Crippen molar-refractivity contribution in [2.45, 2.75) is 26.3 Å². The number of nitrogens with one attached hydrogen (secondary N) is 2. The predicted octanol–water partition coefficient (Wildman–Crippen LogP) is 2.20. The average molecular weight is 287 g/mol. The van der Waals surface area contributed by atoms with E-state index in [2.05, 4.69) is 10.6 Å². The topological polar surface area (TPSA) is 84.3 Å². The predicted molar refractivity (Wildman–Crippen MR) is 69.4 cm³/mol. The van der Waals surface area contributed by atoms with E-state index in [4.69, 9.17) is 0 Å². The monoisotopic (exact) mass is 287 g/mol. The Balaban J connectivity index is 2.81. The quantitative estimate of drug-likeness (QED) is 0.620. The minimum atomic E-state index is -1.18. The Labute approximate surface area is 114 Å². The highest BCUT2D eigenvalue weighted by Gasteiger charge is 2.22. The van der Waals surface area contributed by atoms with Crippen molar-refractivity contribution in [1.82, 2.24) is 5.32 Å². The Morgan fingerprint density at radius 1 is 1.40 bits per heavy atom. The first-order chi connectivity index (χ1) is 9.31. The van der Waals surface area contributed by atoms with Crippen LogP contribution in [0.5, 0.6) is 0 Å². The molecular formula is C12H15F2N3O3. The van der Waals surface area contributed by atoms with Crippen LogP contribution in [0.25, 0.3) is 0 Å². The molecule has 1 rings (SSSR count). The van der Waals surface area contributed by atoms with Crippen molar-refractivity contribution in [1.29, 1.82) is 0 Å². The molecule has 8 heteroatoms. The van der Waals surface area contributed by atoms with Gasteiger partial charge in [0.25, 0.3) is 5.69 Å². The van der Waals surface area contributed by atoms with Crippen LogP contribution in [-0.2, 0) is 4.79 Å². The molecule has 0 aromatic heterocycles. The van der Waals surface area contributed by atoms with Gasteiger partial charge in [0, 0.05) is 25.1 Å². The zero-order chi connectivity index (χ0) is 15.3. The van der Waals surface area contributed by atoms with Crippen LogP contribution in [-0.4, -0.2) is 23.4 Å². The van der Waals surface area contributed by atoms with E-state index in [1.165, 1.54) is 0 Å². The summed E-state index contributed by atoms with van der Waals surface area (Å²) in [7, 11) is 0. The first-order valence-electron chi connectivity index (χ1n) is 5.98. The highest BCUT2D eigenvalue weighted by Crippen LogP contribution is 2.28. The van der Waals surface area contributed by atoms with Gasteiger partial charge in [0.15, 0.2) is 11.5 Å². The third-order valence-electron chi connectivity index (χ3n) is 2.40. The van der Waals surface area contributed by atoms with Crippen molar-refractivity contribution in [3.63, 3.8) is 0 Å². The van der Waals surface area contributed by atoms with Gasteiger partial charge in [-0.05, 0) is 0 Å². The number of carbonyl (C=O) groups is 1. The summed E-state index contributed by atoms with van der Waals surface area (Å²) in [5, 5.41) is 15.8. The highest BCUT2D eigenvalue weighted by atomic mass is 19.1. The molecule has 6 nitrogen and oxygen atoms in total. The van der Waals surface area contributed by atoms with E-state index in [9.17, 15) is 23.7 Å². The van der Waals surface area contributed by atoms with Gasteiger partial charge in [-0.3, -0.25) is 14.9 Å². The van der Waals surface area contributed by atoms with Gasteiger partial charge in [-0.25, -0.2) is 8.78 Å². The largest absolute Gasteiger partial charge is 0.318 e. The number of hydrogen-bond donors (Lipinski definition) is 2. The Kier molecular flexibility index (Phi) is 5.51. The van der Waals surface area contributed by atoms with Crippen LogP contribution in [0, 0.1) is 21.7 Å². The second-order valence-corrected chi connectivity index (χ2v) is 4.45. The number of rotatable bonds is 6. The molecule has 0 saturated carbocycles. The molecule has 20 heavy (non-hydrogen) atoms. The molecule has 0 aliphatic carbocycles. The highest BCUT2D eigenvalue weighted by molar-refractivity contribution is 5.93. The lowest BCUT2D eigenvalue weighted by Gasteiger charge is -2.09. The normalized spacial score (nSPS) is 10.7. The summed E-state index contributed by atoms with van der Waals surface area (Å²) in [5.41, 5.74) is -1.43. The third kappa shape index (κ3) is 4.54. The van der Waals surface area contributed by atoms with Crippen molar-refractivity contribution >= 4 is 17.3 Å². The van der Waals surface area contributed by atoms with Gasteiger partial charge in [0.2, 0.25) is 5.91 Å². The van der Waals surface area contributed by atoms with E-state index >= 15 is 0 Å². The van der Waals surface area contributed by atoms with E-state index < -0.39 is 33.8 Å². The molecular weight excluding hydrogens is 272 g/mol. The van der Waals surface area contributed by atoms with Crippen molar-refractivity contribution < 1.29 is 18.5 Å². The number of halogens is 2. The van der Waals surface area contributed by atoms with Crippen molar-refractivity contribution in [2.75, 3.05) is 11.9 Å². The number of amides is 1. The number of anilines is 1. The molecule has 0 aliphatic rings. The summed E-state index contributed by atoms with van der Waals surface area (Å²) < 4.78 is 26.4. The Morgan fingerprint density at radius 2 is 2.05 bits per heavy atom. The smallest absolute Gasteiger partial charge is 0.298 e. The molecule has 0 unspecified atom stereocenters. The first kappa shape index (κ1) is 16.0. The molecule has 110 valence electrons. The van der Waals surface area contributed by atoms with E-state index in [0.717, 1.165) is 0 Å². The number of nitro benzene ring substituents is 1. The number of hydrogen-bond acceptors (Lipinski definition) is 4. The van der Waals surface area contributed by atoms with Crippen LogP contribution in [0.1, 0.15) is 20.3 Å². The molecule has 0 radical (unpaired) electrons. The van der Waals surface area contributed by atoms with Crippen LogP contribution in [0.15, 0.2) is 12.1 Å². The molecule has 0 saturated heterocycles. The Morgan fingerprint density at radius 3 is 2.60 bits per heavy atom. The number of nitro groups is 1. The van der Waals surface area contributed by atoms with E-state index in [-0.39, 0.29) is 12.5 Å². The van der Waals surface area contributed by atoms with Crippen LogP contribution >= 0.6 is 0 Å². The lowest BCUT2D eigenvalue weighted by molar-refractivity contribution is -0.384. The molecule has 0 aliphatic heterocycles. The second-order valence-electron chi connectivity index (χ2n) is 4.45. The van der Waals surface area contributed by atoms with Gasteiger partial charge >= 0.3 is 0 Å². The lowest BCUT2D eigenvalue weighted by atomic mass is 10.2.